The number of methoxy groups -OCH3 is 1. The summed E-state index contributed by atoms with van der Waals surface area (Å²) in [4.78, 5) is 11.5. The standard InChI is InChI=1S/C16H14FN5O2/c1-24-15(23)11-7-8-14(17)12(9-11)10-18-16-19-20-21-22(16)13-5-3-2-4-6-13/h2-9H,10H2,1H3,(H,18,19,21). The van der Waals surface area contributed by atoms with E-state index < -0.39 is 11.8 Å². The number of nitrogens with one attached hydrogen (secondary N) is 1. The molecule has 0 atom stereocenters. The van der Waals surface area contributed by atoms with E-state index in [2.05, 4.69) is 25.6 Å². The van der Waals surface area contributed by atoms with Crippen molar-refractivity contribution in [3.63, 3.8) is 0 Å². The summed E-state index contributed by atoms with van der Waals surface area (Å²) in [5, 5.41) is 14.4. The molecule has 3 rings (SSSR count). The van der Waals surface area contributed by atoms with Crippen LogP contribution in [0.5, 0.6) is 0 Å². The van der Waals surface area contributed by atoms with Gasteiger partial charge in [-0.05, 0) is 40.8 Å². The Labute approximate surface area is 137 Å². The Hall–Kier alpha value is -3.29. The monoisotopic (exact) mass is 327 g/mol. The van der Waals surface area contributed by atoms with E-state index in [4.69, 9.17) is 0 Å². The van der Waals surface area contributed by atoms with Gasteiger partial charge in [0.25, 0.3) is 0 Å². The number of nitrogens with zero attached hydrogens (tertiary/aromatic N) is 4. The zero-order valence-corrected chi connectivity index (χ0v) is 12.8. The number of esters is 1. The third-order valence-electron chi connectivity index (χ3n) is 3.37. The molecule has 0 saturated carbocycles. The van der Waals surface area contributed by atoms with Gasteiger partial charge in [-0.2, -0.15) is 4.68 Å². The molecule has 0 bridgehead atoms. The number of hydrogen-bond acceptors (Lipinski definition) is 6. The van der Waals surface area contributed by atoms with Crippen molar-refractivity contribution < 1.29 is 13.9 Å². The highest BCUT2D eigenvalue weighted by Crippen LogP contribution is 2.15. The zero-order valence-electron chi connectivity index (χ0n) is 12.8. The highest BCUT2D eigenvalue weighted by atomic mass is 19.1. The first-order valence-corrected chi connectivity index (χ1v) is 7.13. The topological polar surface area (TPSA) is 81.9 Å². The number of rotatable bonds is 5. The molecule has 0 aliphatic rings. The van der Waals surface area contributed by atoms with Gasteiger partial charge in [-0.25, -0.2) is 9.18 Å². The van der Waals surface area contributed by atoms with Crippen LogP contribution >= 0.6 is 0 Å². The first kappa shape index (κ1) is 15.6. The lowest BCUT2D eigenvalue weighted by atomic mass is 10.1. The van der Waals surface area contributed by atoms with E-state index in [1.165, 1.54) is 30.0 Å². The first-order valence-electron chi connectivity index (χ1n) is 7.13. The third kappa shape index (κ3) is 3.22. The Morgan fingerprint density at radius 3 is 2.79 bits per heavy atom. The second-order valence-corrected chi connectivity index (χ2v) is 4.90. The zero-order chi connectivity index (χ0) is 16.9. The van der Waals surface area contributed by atoms with Gasteiger partial charge in [0.15, 0.2) is 0 Å². The predicted octanol–water partition coefficient (Wildman–Crippen LogP) is 2.20. The number of para-hydroxylation sites is 1. The summed E-state index contributed by atoms with van der Waals surface area (Å²) in [6.45, 7) is 0.115. The number of benzene rings is 2. The molecule has 2 aromatic carbocycles. The molecule has 0 fully saturated rings. The number of anilines is 1. The summed E-state index contributed by atoms with van der Waals surface area (Å²) in [7, 11) is 1.28. The van der Waals surface area contributed by atoms with Gasteiger partial charge in [0.1, 0.15) is 5.82 Å². The average Bonchev–Trinajstić information content (AvgIpc) is 3.09. The molecular weight excluding hydrogens is 313 g/mol. The van der Waals surface area contributed by atoms with Gasteiger partial charge in [-0.1, -0.05) is 23.3 Å². The molecule has 1 N–H and O–H groups in total. The van der Waals surface area contributed by atoms with Gasteiger partial charge < -0.3 is 10.1 Å². The highest BCUT2D eigenvalue weighted by Gasteiger charge is 2.12. The summed E-state index contributed by atoms with van der Waals surface area (Å²) in [5.74, 6) is -0.594. The molecule has 1 heterocycles. The second kappa shape index (κ2) is 6.86. The largest absolute Gasteiger partial charge is 0.465 e. The van der Waals surface area contributed by atoms with Crippen LogP contribution < -0.4 is 5.32 Å². The highest BCUT2D eigenvalue weighted by molar-refractivity contribution is 5.89. The molecule has 1 aromatic heterocycles. The van der Waals surface area contributed by atoms with Crippen molar-refractivity contribution in [2.75, 3.05) is 12.4 Å². The SMILES string of the molecule is COC(=O)c1ccc(F)c(CNc2nnnn2-c2ccccc2)c1. The van der Waals surface area contributed by atoms with E-state index in [0.717, 1.165) is 5.69 Å². The maximum Gasteiger partial charge on any atom is 0.337 e. The minimum atomic E-state index is -0.523. The summed E-state index contributed by atoms with van der Waals surface area (Å²) in [6, 6.07) is 13.3. The molecule has 3 aromatic rings. The van der Waals surface area contributed by atoms with Crippen LogP contribution in [0.25, 0.3) is 5.69 Å². The molecule has 0 radical (unpaired) electrons. The number of ether oxygens (including phenoxy) is 1. The van der Waals surface area contributed by atoms with Crippen LogP contribution in [0.15, 0.2) is 48.5 Å². The van der Waals surface area contributed by atoms with Crippen molar-refractivity contribution >= 4 is 11.9 Å². The van der Waals surface area contributed by atoms with Gasteiger partial charge in [0.05, 0.1) is 18.4 Å². The quantitative estimate of drug-likeness (QED) is 0.724. The molecular formula is C16H14FN5O2. The van der Waals surface area contributed by atoms with E-state index in [1.54, 1.807) is 0 Å². The average molecular weight is 327 g/mol. The van der Waals surface area contributed by atoms with Crippen LogP contribution in [0.3, 0.4) is 0 Å². The molecule has 0 unspecified atom stereocenters. The van der Waals surface area contributed by atoms with Crippen molar-refractivity contribution in [3.05, 3.63) is 65.5 Å². The number of aromatic nitrogens is 4. The number of hydrogen-bond donors (Lipinski definition) is 1. The molecule has 7 nitrogen and oxygen atoms in total. The summed E-state index contributed by atoms with van der Waals surface area (Å²) < 4.78 is 20.1. The van der Waals surface area contributed by atoms with Gasteiger partial charge in [-0.15, -0.1) is 0 Å². The maximum atomic E-state index is 13.9. The minimum absolute atomic E-state index is 0.115. The van der Waals surface area contributed by atoms with E-state index in [-0.39, 0.29) is 12.1 Å². The van der Waals surface area contributed by atoms with Crippen LogP contribution in [-0.4, -0.2) is 33.3 Å². The molecule has 0 amide bonds. The van der Waals surface area contributed by atoms with Crippen LogP contribution in [0.2, 0.25) is 0 Å². The molecule has 0 aliphatic carbocycles. The smallest absolute Gasteiger partial charge is 0.337 e. The van der Waals surface area contributed by atoms with Gasteiger partial charge in [-0.3, -0.25) is 0 Å². The Morgan fingerprint density at radius 1 is 1.25 bits per heavy atom. The minimum Gasteiger partial charge on any atom is -0.465 e. The van der Waals surface area contributed by atoms with Crippen molar-refractivity contribution in [2.45, 2.75) is 6.54 Å². The lowest BCUT2D eigenvalue weighted by Gasteiger charge is -2.09. The van der Waals surface area contributed by atoms with E-state index in [0.29, 0.717) is 11.5 Å². The van der Waals surface area contributed by atoms with E-state index in [9.17, 15) is 9.18 Å². The predicted molar refractivity (Wildman–Crippen MR) is 84.2 cm³/mol. The number of carbonyl (C=O) groups excluding carboxylic acids is 1. The van der Waals surface area contributed by atoms with Crippen LogP contribution in [0, 0.1) is 5.82 Å². The van der Waals surface area contributed by atoms with Gasteiger partial charge in [0.2, 0.25) is 5.95 Å². The van der Waals surface area contributed by atoms with Crippen LogP contribution in [0.4, 0.5) is 10.3 Å². The molecule has 24 heavy (non-hydrogen) atoms. The fourth-order valence-electron chi connectivity index (χ4n) is 2.17. The lowest BCUT2D eigenvalue weighted by molar-refractivity contribution is 0.0600. The van der Waals surface area contributed by atoms with Gasteiger partial charge >= 0.3 is 5.97 Å². The van der Waals surface area contributed by atoms with Crippen molar-refractivity contribution in [3.8, 4) is 5.69 Å². The van der Waals surface area contributed by atoms with Crippen molar-refractivity contribution in [1.82, 2.24) is 20.2 Å². The molecule has 8 heteroatoms. The lowest BCUT2D eigenvalue weighted by Crippen LogP contribution is -2.10. The van der Waals surface area contributed by atoms with Crippen molar-refractivity contribution in [2.24, 2.45) is 0 Å². The van der Waals surface area contributed by atoms with E-state index in [1.807, 2.05) is 30.3 Å². The van der Waals surface area contributed by atoms with Crippen LogP contribution in [0.1, 0.15) is 15.9 Å². The Kier molecular flexibility index (Phi) is 4.46. The molecule has 0 aliphatic heterocycles. The summed E-state index contributed by atoms with van der Waals surface area (Å²) >= 11 is 0. The number of tetrazole rings is 1. The number of halogens is 1. The normalized spacial score (nSPS) is 10.4. The third-order valence-corrected chi connectivity index (χ3v) is 3.37. The first-order chi connectivity index (χ1) is 11.7. The summed E-state index contributed by atoms with van der Waals surface area (Å²) in [5.41, 5.74) is 1.35. The van der Waals surface area contributed by atoms with Crippen LogP contribution in [-0.2, 0) is 11.3 Å². The van der Waals surface area contributed by atoms with Gasteiger partial charge in [0, 0.05) is 12.1 Å². The Morgan fingerprint density at radius 2 is 2.04 bits per heavy atom. The molecule has 0 spiro atoms. The number of carbonyl (C=O) groups is 1. The molecule has 0 saturated heterocycles. The fourth-order valence-corrected chi connectivity index (χ4v) is 2.17. The summed E-state index contributed by atoms with van der Waals surface area (Å²) in [6.07, 6.45) is 0. The molecule has 122 valence electrons. The maximum absolute atomic E-state index is 13.9. The second-order valence-electron chi connectivity index (χ2n) is 4.90. The fraction of sp³-hybridized carbons (Fsp3) is 0.125. The van der Waals surface area contributed by atoms with E-state index >= 15 is 0 Å². The van der Waals surface area contributed by atoms with Crippen molar-refractivity contribution in [1.29, 1.82) is 0 Å². The Bertz CT molecular complexity index is 851. The Balaban J connectivity index is 1.80.